The average molecular weight is 335 g/mol. The summed E-state index contributed by atoms with van der Waals surface area (Å²) in [5.41, 5.74) is 3.75. The van der Waals surface area contributed by atoms with Gasteiger partial charge in [0.25, 0.3) is 5.91 Å². The molecule has 8 heteroatoms. The van der Waals surface area contributed by atoms with Crippen LogP contribution in [0.1, 0.15) is 20.8 Å². The normalized spacial score (nSPS) is 11.4. The molecule has 1 aromatic carbocycles. The standard InChI is InChI=1S/C13H10ClF3N2OS/c14-11-4-2-8(21-11)6-19-12(20)7-1-3-10(18)9(5-7)13(15,16)17/h1-5H,6,18H2,(H,19,20). The molecule has 0 atom stereocenters. The molecule has 1 heterocycles. The maximum absolute atomic E-state index is 12.7. The van der Waals surface area contributed by atoms with Gasteiger partial charge in [0.2, 0.25) is 0 Å². The smallest absolute Gasteiger partial charge is 0.398 e. The molecule has 112 valence electrons. The molecule has 0 aliphatic carbocycles. The quantitative estimate of drug-likeness (QED) is 0.835. The summed E-state index contributed by atoms with van der Waals surface area (Å²) >= 11 is 7.03. The van der Waals surface area contributed by atoms with Crippen LogP contribution in [0.4, 0.5) is 18.9 Å². The second-order valence-corrected chi connectivity index (χ2v) is 5.99. The first-order chi connectivity index (χ1) is 9.77. The topological polar surface area (TPSA) is 55.1 Å². The maximum atomic E-state index is 12.7. The van der Waals surface area contributed by atoms with Crippen molar-refractivity contribution in [2.75, 3.05) is 5.73 Å². The molecule has 2 rings (SSSR count). The van der Waals surface area contributed by atoms with Gasteiger partial charge in [0.15, 0.2) is 0 Å². The van der Waals surface area contributed by atoms with Crippen LogP contribution in [0.3, 0.4) is 0 Å². The molecule has 3 nitrogen and oxygen atoms in total. The SMILES string of the molecule is Nc1ccc(C(=O)NCc2ccc(Cl)s2)cc1C(F)(F)F. The Balaban J connectivity index is 2.12. The molecule has 0 saturated heterocycles. The number of rotatable bonds is 3. The van der Waals surface area contributed by atoms with Crippen molar-refractivity contribution in [3.05, 3.63) is 50.7 Å². The van der Waals surface area contributed by atoms with Crippen molar-refractivity contribution < 1.29 is 18.0 Å². The van der Waals surface area contributed by atoms with Gasteiger partial charge in [-0.2, -0.15) is 13.2 Å². The molecule has 2 aromatic rings. The highest BCUT2D eigenvalue weighted by atomic mass is 35.5. The molecular formula is C13H10ClF3N2OS. The maximum Gasteiger partial charge on any atom is 0.418 e. The second-order valence-electron chi connectivity index (χ2n) is 4.19. The first-order valence-corrected chi connectivity index (χ1v) is 6.96. The van der Waals surface area contributed by atoms with Crippen molar-refractivity contribution in [3.63, 3.8) is 0 Å². The Morgan fingerprint density at radius 1 is 1.29 bits per heavy atom. The van der Waals surface area contributed by atoms with Crippen molar-refractivity contribution in [1.82, 2.24) is 5.32 Å². The molecule has 0 aliphatic heterocycles. The number of hydrogen-bond acceptors (Lipinski definition) is 3. The molecule has 1 amide bonds. The van der Waals surface area contributed by atoms with E-state index in [-0.39, 0.29) is 12.1 Å². The molecule has 1 aromatic heterocycles. The third-order valence-corrected chi connectivity index (χ3v) is 3.90. The summed E-state index contributed by atoms with van der Waals surface area (Å²) in [5, 5.41) is 2.53. The van der Waals surface area contributed by atoms with Gasteiger partial charge in [-0.25, -0.2) is 0 Å². The van der Waals surface area contributed by atoms with E-state index < -0.39 is 23.3 Å². The molecule has 0 fully saturated rings. The molecule has 21 heavy (non-hydrogen) atoms. The number of nitrogens with one attached hydrogen (secondary N) is 1. The number of anilines is 1. The second kappa shape index (κ2) is 5.95. The molecular weight excluding hydrogens is 325 g/mol. The Morgan fingerprint density at radius 3 is 2.57 bits per heavy atom. The molecule has 0 bridgehead atoms. The van der Waals surface area contributed by atoms with E-state index in [1.807, 2.05) is 0 Å². The van der Waals surface area contributed by atoms with Crippen LogP contribution >= 0.6 is 22.9 Å². The van der Waals surface area contributed by atoms with Gasteiger partial charge in [-0.3, -0.25) is 4.79 Å². The highest BCUT2D eigenvalue weighted by Crippen LogP contribution is 2.34. The minimum Gasteiger partial charge on any atom is -0.398 e. The van der Waals surface area contributed by atoms with E-state index in [4.69, 9.17) is 17.3 Å². The van der Waals surface area contributed by atoms with Crippen LogP contribution in [0, 0.1) is 0 Å². The van der Waals surface area contributed by atoms with Crippen molar-refractivity contribution in [2.45, 2.75) is 12.7 Å². The number of hydrogen-bond donors (Lipinski definition) is 2. The van der Waals surface area contributed by atoms with Crippen LogP contribution in [0.2, 0.25) is 4.34 Å². The number of carbonyl (C=O) groups is 1. The predicted octanol–water partition coefficient (Wildman–Crippen LogP) is 3.93. The van der Waals surface area contributed by atoms with Crippen molar-refractivity contribution in [3.8, 4) is 0 Å². The highest BCUT2D eigenvalue weighted by molar-refractivity contribution is 7.16. The van der Waals surface area contributed by atoms with E-state index in [9.17, 15) is 18.0 Å². The zero-order valence-corrected chi connectivity index (χ0v) is 12.1. The number of halogens is 4. The van der Waals surface area contributed by atoms with E-state index in [0.717, 1.165) is 17.0 Å². The van der Waals surface area contributed by atoms with E-state index in [2.05, 4.69) is 5.32 Å². The van der Waals surface area contributed by atoms with Gasteiger partial charge in [0, 0.05) is 16.1 Å². The van der Waals surface area contributed by atoms with Crippen molar-refractivity contribution >= 4 is 34.5 Å². The number of nitrogen functional groups attached to an aromatic ring is 1. The Kier molecular flexibility index (Phi) is 4.43. The third kappa shape index (κ3) is 3.89. The van der Waals surface area contributed by atoms with Crippen LogP contribution in [-0.4, -0.2) is 5.91 Å². The lowest BCUT2D eigenvalue weighted by molar-refractivity contribution is -0.136. The van der Waals surface area contributed by atoms with Crippen molar-refractivity contribution in [1.29, 1.82) is 0 Å². The lowest BCUT2D eigenvalue weighted by Crippen LogP contribution is -2.23. The Hall–Kier alpha value is -1.73. The number of benzene rings is 1. The fourth-order valence-electron chi connectivity index (χ4n) is 1.66. The number of carbonyl (C=O) groups excluding carboxylic acids is 1. The summed E-state index contributed by atoms with van der Waals surface area (Å²) in [6.45, 7) is 0.196. The molecule has 0 aliphatic rings. The van der Waals surface area contributed by atoms with E-state index in [1.54, 1.807) is 12.1 Å². The number of amides is 1. The van der Waals surface area contributed by atoms with Gasteiger partial charge in [-0.05, 0) is 30.3 Å². The van der Waals surface area contributed by atoms with E-state index in [0.29, 0.717) is 4.34 Å². The Bertz CT molecular complexity index is 670. The number of nitrogens with two attached hydrogens (primary N) is 1. The predicted molar refractivity (Wildman–Crippen MR) is 76.4 cm³/mol. The summed E-state index contributed by atoms with van der Waals surface area (Å²) in [6, 6.07) is 6.48. The minimum atomic E-state index is -4.60. The average Bonchev–Trinajstić information content (AvgIpc) is 2.81. The fourth-order valence-corrected chi connectivity index (χ4v) is 2.69. The zero-order chi connectivity index (χ0) is 15.6. The van der Waals surface area contributed by atoms with Gasteiger partial charge in [-0.15, -0.1) is 11.3 Å². The largest absolute Gasteiger partial charge is 0.418 e. The summed E-state index contributed by atoms with van der Waals surface area (Å²) in [4.78, 5) is 12.7. The lowest BCUT2D eigenvalue weighted by atomic mass is 10.1. The molecule has 0 unspecified atom stereocenters. The summed E-state index contributed by atoms with van der Waals surface area (Å²) < 4.78 is 38.7. The zero-order valence-electron chi connectivity index (χ0n) is 10.5. The monoisotopic (exact) mass is 334 g/mol. The highest BCUT2D eigenvalue weighted by Gasteiger charge is 2.33. The summed E-state index contributed by atoms with van der Waals surface area (Å²) in [7, 11) is 0. The molecule has 0 radical (unpaired) electrons. The van der Waals surface area contributed by atoms with Crippen LogP contribution in [-0.2, 0) is 12.7 Å². The van der Waals surface area contributed by atoms with Crippen LogP contribution in [0.5, 0.6) is 0 Å². The fraction of sp³-hybridized carbons (Fsp3) is 0.154. The van der Waals surface area contributed by atoms with Crippen LogP contribution < -0.4 is 11.1 Å². The Labute approximate surface area is 127 Å². The number of thiophene rings is 1. The first kappa shape index (κ1) is 15.7. The molecule has 0 saturated carbocycles. The molecule has 3 N–H and O–H groups in total. The summed E-state index contributed by atoms with van der Waals surface area (Å²) in [6.07, 6.45) is -4.60. The third-order valence-electron chi connectivity index (χ3n) is 2.67. The minimum absolute atomic E-state index is 0.0980. The van der Waals surface area contributed by atoms with Gasteiger partial charge in [-0.1, -0.05) is 11.6 Å². The van der Waals surface area contributed by atoms with Crippen LogP contribution in [0.15, 0.2) is 30.3 Å². The first-order valence-electron chi connectivity index (χ1n) is 5.76. The van der Waals surface area contributed by atoms with Gasteiger partial charge < -0.3 is 11.1 Å². The van der Waals surface area contributed by atoms with Crippen molar-refractivity contribution in [2.24, 2.45) is 0 Å². The molecule has 0 spiro atoms. The Morgan fingerprint density at radius 2 is 2.00 bits per heavy atom. The summed E-state index contributed by atoms with van der Waals surface area (Å²) in [5.74, 6) is -0.606. The van der Waals surface area contributed by atoms with E-state index in [1.165, 1.54) is 17.4 Å². The number of alkyl halides is 3. The van der Waals surface area contributed by atoms with E-state index >= 15 is 0 Å². The van der Waals surface area contributed by atoms with Gasteiger partial charge in [0.1, 0.15) is 0 Å². The van der Waals surface area contributed by atoms with Crippen LogP contribution in [0.25, 0.3) is 0 Å². The lowest BCUT2D eigenvalue weighted by Gasteiger charge is -2.11. The van der Waals surface area contributed by atoms with Gasteiger partial charge in [0.05, 0.1) is 16.4 Å². The van der Waals surface area contributed by atoms with Gasteiger partial charge >= 0.3 is 6.18 Å².